The van der Waals surface area contributed by atoms with Crippen LogP contribution >= 0.6 is 11.3 Å². The summed E-state index contributed by atoms with van der Waals surface area (Å²) in [5.41, 5.74) is 2.81. The van der Waals surface area contributed by atoms with E-state index in [9.17, 15) is 0 Å². The highest BCUT2D eigenvalue weighted by Gasteiger charge is 2.04. The summed E-state index contributed by atoms with van der Waals surface area (Å²) in [7, 11) is 0. The minimum absolute atomic E-state index is 0.651. The first kappa shape index (κ1) is 12.1. The molecule has 2 rings (SSSR count). The van der Waals surface area contributed by atoms with E-state index >= 15 is 0 Å². The SMILES string of the molecule is CC(C)CNCc1ccnc(-c2cncs2)n1. The van der Waals surface area contributed by atoms with Gasteiger partial charge in [-0.1, -0.05) is 13.8 Å². The minimum atomic E-state index is 0.651. The highest BCUT2D eigenvalue weighted by molar-refractivity contribution is 7.13. The van der Waals surface area contributed by atoms with Gasteiger partial charge < -0.3 is 5.32 Å². The number of rotatable bonds is 5. The average molecular weight is 248 g/mol. The first-order valence-corrected chi connectivity index (χ1v) is 6.55. The fourth-order valence-corrected chi connectivity index (χ4v) is 1.99. The second-order valence-corrected chi connectivity index (χ2v) is 5.15. The molecular formula is C12H16N4S. The topological polar surface area (TPSA) is 50.7 Å². The van der Waals surface area contributed by atoms with Crippen LogP contribution in [0.1, 0.15) is 19.5 Å². The first-order chi connectivity index (χ1) is 8.25. The van der Waals surface area contributed by atoms with Crippen molar-refractivity contribution >= 4 is 11.3 Å². The normalized spacial score (nSPS) is 11.0. The first-order valence-electron chi connectivity index (χ1n) is 5.67. The highest BCUT2D eigenvalue weighted by atomic mass is 32.1. The molecule has 4 nitrogen and oxygen atoms in total. The Morgan fingerprint density at radius 3 is 3.00 bits per heavy atom. The molecule has 0 amide bonds. The molecule has 0 aliphatic heterocycles. The number of aromatic nitrogens is 3. The van der Waals surface area contributed by atoms with Crippen LogP contribution < -0.4 is 5.32 Å². The molecule has 0 spiro atoms. The molecule has 0 unspecified atom stereocenters. The molecule has 0 atom stereocenters. The van der Waals surface area contributed by atoms with E-state index in [1.165, 1.54) is 0 Å². The van der Waals surface area contributed by atoms with Crippen LogP contribution in [0, 0.1) is 5.92 Å². The molecule has 90 valence electrons. The fourth-order valence-electron chi connectivity index (χ4n) is 1.43. The van der Waals surface area contributed by atoms with Crippen molar-refractivity contribution in [2.45, 2.75) is 20.4 Å². The summed E-state index contributed by atoms with van der Waals surface area (Å²) in [6, 6.07) is 1.94. The van der Waals surface area contributed by atoms with Gasteiger partial charge >= 0.3 is 0 Å². The Balaban J connectivity index is 2.02. The summed E-state index contributed by atoms with van der Waals surface area (Å²) in [6.45, 7) is 6.16. The summed E-state index contributed by atoms with van der Waals surface area (Å²) in [5.74, 6) is 1.41. The lowest BCUT2D eigenvalue weighted by molar-refractivity contribution is 0.548. The number of thiazole rings is 1. The third-order valence-electron chi connectivity index (χ3n) is 2.22. The Hall–Kier alpha value is -1.33. The smallest absolute Gasteiger partial charge is 0.171 e. The number of hydrogen-bond acceptors (Lipinski definition) is 5. The molecule has 0 aromatic carbocycles. The predicted octanol–water partition coefficient (Wildman–Crippen LogP) is 2.35. The summed E-state index contributed by atoms with van der Waals surface area (Å²) in [5, 5.41) is 3.37. The van der Waals surface area contributed by atoms with Gasteiger partial charge in [0.15, 0.2) is 5.82 Å². The van der Waals surface area contributed by atoms with Crippen LogP contribution in [0.25, 0.3) is 10.7 Å². The van der Waals surface area contributed by atoms with Gasteiger partial charge in [-0.25, -0.2) is 9.97 Å². The molecule has 2 aromatic heterocycles. The van der Waals surface area contributed by atoms with Crippen LogP contribution in [-0.2, 0) is 6.54 Å². The van der Waals surface area contributed by atoms with Crippen molar-refractivity contribution in [3.05, 3.63) is 29.7 Å². The Morgan fingerprint density at radius 2 is 2.29 bits per heavy atom. The number of nitrogens with zero attached hydrogens (tertiary/aromatic N) is 3. The Morgan fingerprint density at radius 1 is 1.41 bits per heavy atom. The maximum Gasteiger partial charge on any atom is 0.171 e. The predicted molar refractivity (Wildman–Crippen MR) is 69.7 cm³/mol. The lowest BCUT2D eigenvalue weighted by Crippen LogP contribution is -2.19. The van der Waals surface area contributed by atoms with E-state index in [-0.39, 0.29) is 0 Å². The van der Waals surface area contributed by atoms with Crippen LogP contribution in [0.3, 0.4) is 0 Å². The van der Waals surface area contributed by atoms with Crippen molar-refractivity contribution in [1.82, 2.24) is 20.3 Å². The summed E-state index contributed by atoms with van der Waals surface area (Å²) >= 11 is 1.56. The second-order valence-electron chi connectivity index (χ2n) is 4.26. The van der Waals surface area contributed by atoms with Crippen molar-refractivity contribution in [2.75, 3.05) is 6.54 Å². The van der Waals surface area contributed by atoms with E-state index in [1.54, 1.807) is 29.2 Å². The Labute approximate surface area is 105 Å². The zero-order valence-corrected chi connectivity index (χ0v) is 10.9. The van der Waals surface area contributed by atoms with Gasteiger partial charge in [-0.15, -0.1) is 11.3 Å². The van der Waals surface area contributed by atoms with Gasteiger partial charge in [0.05, 0.1) is 16.1 Å². The van der Waals surface area contributed by atoms with Crippen LogP contribution in [0.15, 0.2) is 24.0 Å². The Bertz CT molecular complexity index is 453. The molecule has 2 heterocycles. The fraction of sp³-hybridized carbons (Fsp3) is 0.417. The second kappa shape index (κ2) is 5.84. The minimum Gasteiger partial charge on any atom is -0.311 e. The number of hydrogen-bond donors (Lipinski definition) is 1. The van der Waals surface area contributed by atoms with Crippen LogP contribution in [0.5, 0.6) is 0 Å². The summed E-state index contributed by atoms with van der Waals surface area (Å²) < 4.78 is 0. The lowest BCUT2D eigenvalue weighted by atomic mass is 10.2. The standard InChI is InChI=1S/C12H16N4S/c1-9(2)5-13-6-10-3-4-15-12(16-10)11-7-14-8-17-11/h3-4,7-9,13H,5-6H2,1-2H3. The Kier molecular flexibility index (Phi) is 4.17. The van der Waals surface area contributed by atoms with Gasteiger partial charge in [0.2, 0.25) is 0 Å². The molecule has 2 aromatic rings. The molecule has 1 N–H and O–H groups in total. The van der Waals surface area contributed by atoms with E-state index < -0.39 is 0 Å². The molecule has 17 heavy (non-hydrogen) atoms. The lowest BCUT2D eigenvalue weighted by Gasteiger charge is -2.07. The molecule has 0 bridgehead atoms. The zero-order valence-electron chi connectivity index (χ0n) is 10.1. The molecular weight excluding hydrogens is 232 g/mol. The van der Waals surface area contributed by atoms with Crippen LogP contribution in [0.4, 0.5) is 0 Å². The average Bonchev–Trinajstić information content (AvgIpc) is 2.82. The van der Waals surface area contributed by atoms with Gasteiger partial charge in [0.1, 0.15) is 0 Å². The van der Waals surface area contributed by atoms with Gasteiger partial charge in [-0.3, -0.25) is 4.98 Å². The van der Waals surface area contributed by atoms with E-state index in [0.717, 1.165) is 29.5 Å². The third-order valence-corrected chi connectivity index (χ3v) is 2.99. The van der Waals surface area contributed by atoms with Gasteiger partial charge in [-0.2, -0.15) is 0 Å². The molecule has 0 saturated carbocycles. The quantitative estimate of drug-likeness (QED) is 0.882. The van der Waals surface area contributed by atoms with E-state index in [4.69, 9.17) is 0 Å². The third kappa shape index (κ3) is 3.57. The molecule has 0 aliphatic carbocycles. The van der Waals surface area contributed by atoms with Crippen molar-refractivity contribution in [1.29, 1.82) is 0 Å². The zero-order chi connectivity index (χ0) is 12.1. The largest absolute Gasteiger partial charge is 0.311 e. The monoisotopic (exact) mass is 248 g/mol. The highest BCUT2D eigenvalue weighted by Crippen LogP contribution is 2.18. The summed E-state index contributed by atoms with van der Waals surface area (Å²) in [6.07, 6.45) is 3.60. The molecule has 5 heteroatoms. The molecule has 0 aliphatic rings. The van der Waals surface area contributed by atoms with E-state index in [0.29, 0.717) is 5.92 Å². The van der Waals surface area contributed by atoms with Crippen molar-refractivity contribution in [3.8, 4) is 10.7 Å². The van der Waals surface area contributed by atoms with Crippen molar-refractivity contribution < 1.29 is 0 Å². The van der Waals surface area contributed by atoms with Gasteiger partial charge in [0.25, 0.3) is 0 Å². The van der Waals surface area contributed by atoms with Gasteiger partial charge in [-0.05, 0) is 18.5 Å². The van der Waals surface area contributed by atoms with Crippen LogP contribution in [-0.4, -0.2) is 21.5 Å². The van der Waals surface area contributed by atoms with E-state index in [1.807, 2.05) is 6.07 Å². The molecule has 0 saturated heterocycles. The van der Waals surface area contributed by atoms with Crippen molar-refractivity contribution in [2.24, 2.45) is 5.92 Å². The maximum atomic E-state index is 4.51. The molecule has 0 radical (unpaired) electrons. The summed E-state index contributed by atoms with van der Waals surface area (Å²) in [4.78, 5) is 13.8. The van der Waals surface area contributed by atoms with Crippen molar-refractivity contribution in [3.63, 3.8) is 0 Å². The van der Waals surface area contributed by atoms with Gasteiger partial charge in [0, 0.05) is 18.9 Å². The maximum absolute atomic E-state index is 4.51. The molecule has 0 fully saturated rings. The number of nitrogens with one attached hydrogen (secondary N) is 1. The van der Waals surface area contributed by atoms with Crippen LogP contribution in [0.2, 0.25) is 0 Å². The van der Waals surface area contributed by atoms with E-state index in [2.05, 4.69) is 34.1 Å².